The van der Waals surface area contributed by atoms with Crippen LogP contribution in [0.15, 0.2) is 30.7 Å². The monoisotopic (exact) mass is 501 g/mol. The lowest BCUT2D eigenvalue weighted by Crippen LogP contribution is -2.49. The number of pyridine rings is 1. The van der Waals surface area contributed by atoms with Crippen molar-refractivity contribution < 1.29 is 18.0 Å². The highest BCUT2D eigenvalue weighted by Crippen LogP contribution is 2.48. The third-order valence-corrected chi connectivity index (χ3v) is 8.71. The molecule has 0 radical (unpaired) electrons. The van der Waals surface area contributed by atoms with E-state index >= 15 is 0 Å². The molecular formula is C27H34F3N5O. The van der Waals surface area contributed by atoms with Crippen LogP contribution in [-0.4, -0.2) is 56.3 Å². The van der Waals surface area contributed by atoms with E-state index in [1.165, 1.54) is 6.07 Å². The van der Waals surface area contributed by atoms with Gasteiger partial charge >= 0.3 is 6.18 Å². The zero-order valence-electron chi connectivity index (χ0n) is 21.0. The summed E-state index contributed by atoms with van der Waals surface area (Å²) < 4.78 is 39.7. The molecule has 6 nitrogen and oxygen atoms in total. The van der Waals surface area contributed by atoms with Crippen LogP contribution < -0.4 is 0 Å². The standard InChI is InChI=1S/C27H34F3N5O/c1-18(2)26(25(36)35-13-7-23-20(17-35)14-21(16-33-23)27(28,29)30)8-4-22(15-26)34-11-5-19(6-12-34)24-31-9-3-10-32-24/h3,9-10,14,16,18-19,22H,4-8,11-13,15,17H2,1-2H3/t22?,26-/m0/s1. The highest BCUT2D eigenvalue weighted by atomic mass is 19.4. The first-order chi connectivity index (χ1) is 17.2. The van der Waals surface area contributed by atoms with Crippen molar-refractivity contribution >= 4 is 5.91 Å². The molecule has 1 saturated carbocycles. The van der Waals surface area contributed by atoms with Gasteiger partial charge in [-0.25, -0.2) is 9.97 Å². The van der Waals surface area contributed by atoms with Crippen molar-refractivity contribution in [3.05, 3.63) is 53.4 Å². The molecule has 1 saturated heterocycles. The number of carbonyl (C=O) groups is 1. The minimum Gasteiger partial charge on any atom is -0.337 e. The first-order valence-electron chi connectivity index (χ1n) is 13.0. The summed E-state index contributed by atoms with van der Waals surface area (Å²) in [4.78, 5) is 31.2. The number of hydrogen-bond acceptors (Lipinski definition) is 5. The second kappa shape index (κ2) is 9.72. The third-order valence-electron chi connectivity index (χ3n) is 8.71. The topological polar surface area (TPSA) is 62.2 Å². The largest absolute Gasteiger partial charge is 0.417 e. The summed E-state index contributed by atoms with van der Waals surface area (Å²) in [6.07, 6.45) is 5.18. The number of carbonyl (C=O) groups excluding carboxylic acids is 1. The fourth-order valence-electron chi connectivity index (χ4n) is 6.44. The second-order valence-corrected chi connectivity index (χ2v) is 10.9. The zero-order chi connectivity index (χ0) is 25.5. The average molecular weight is 502 g/mol. The van der Waals surface area contributed by atoms with E-state index in [0.717, 1.165) is 57.2 Å². The Bertz CT molecular complexity index is 1080. The summed E-state index contributed by atoms with van der Waals surface area (Å²) in [5, 5.41) is 0. The number of nitrogens with zero attached hydrogens (tertiary/aromatic N) is 5. The number of aromatic nitrogens is 3. The van der Waals surface area contributed by atoms with Gasteiger partial charge in [-0.2, -0.15) is 13.2 Å². The molecule has 1 aliphatic carbocycles. The Morgan fingerprint density at radius 1 is 1.08 bits per heavy atom. The van der Waals surface area contributed by atoms with E-state index < -0.39 is 17.2 Å². The van der Waals surface area contributed by atoms with E-state index in [1.807, 2.05) is 6.07 Å². The van der Waals surface area contributed by atoms with Crippen molar-refractivity contribution in [1.29, 1.82) is 0 Å². The van der Waals surface area contributed by atoms with Crippen LogP contribution >= 0.6 is 0 Å². The molecule has 0 spiro atoms. The number of halogens is 3. The van der Waals surface area contributed by atoms with Crippen molar-refractivity contribution in [2.75, 3.05) is 19.6 Å². The Labute approximate surface area is 210 Å². The summed E-state index contributed by atoms with van der Waals surface area (Å²) in [5.41, 5.74) is -0.0426. The minimum absolute atomic E-state index is 0.0932. The molecule has 2 fully saturated rings. The number of fused-ring (bicyclic) bond motifs is 1. The lowest BCUT2D eigenvalue weighted by Gasteiger charge is -2.41. The third kappa shape index (κ3) is 4.74. The van der Waals surface area contributed by atoms with Crippen molar-refractivity contribution in [3.8, 4) is 0 Å². The lowest BCUT2D eigenvalue weighted by atomic mass is 9.73. The highest BCUT2D eigenvalue weighted by molar-refractivity contribution is 5.83. The molecule has 4 heterocycles. The van der Waals surface area contributed by atoms with Crippen molar-refractivity contribution in [3.63, 3.8) is 0 Å². The van der Waals surface area contributed by atoms with Gasteiger partial charge in [0.25, 0.3) is 0 Å². The predicted molar refractivity (Wildman–Crippen MR) is 129 cm³/mol. The predicted octanol–water partition coefficient (Wildman–Crippen LogP) is 4.85. The molecule has 0 bridgehead atoms. The number of amides is 1. The highest BCUT2D eigenvalue weighted by Gasteiger charge is 2.51. The van der Waals surface area contributed by atoms with Crippen LogP contribution in [0.3, 0.4) is 0 Å². The Hall–Kier alpha value is -2.55. The van der Waals surface area contributed by atoms with E-state index in [1.54, 1.807) is 17.3 Å². The van der Waals surface area contributed by atoms with Crippen LogP contribution in [0.5, 0.6) is 0 Å². The van der Waals surface area contributed by atoms with Crippen LogP contribution in [0.2, 0.25) is 0 Å². The van der Waals surface area contributed by atoms with Gasteiger partial charge in [-0.1, -0.05) is 13.8 Å². The molecule has 36 heavy (non-hydrogen) atoms. The van der Waals surface area contributed by atoms with Gasteiger partial charge in [0.2, 0.25) is 5.91 Å². The fourth-order valence-corrected chi connectivity index (χ4v) is 6.44. The molecule has 2 aliphatic heterocycles. The molecule has 1 amide bonds. The number of rotatable bonds is 4. The van der Waals surface area contributed by atoms with E-state index in [0.29, 0.717) is 36.2 Å². The quantitative estimate of drug-likeness (QED) is 0.600. The first-order valence-corrected chi connectivity index (χ1v) is 13.0. The Morgan fingerprint density at radius 3 is 2.47 bits per heavy atom. The van der Waals surface area contributed by atoms with Gasteiger partial charge in [-0.15, -0.1) is 0 Å². The number of hydrogen-bond donors (Lipinski definition) is 0. The second-order valence-electron chi connectivity index (χ2n) is 10.9. The van der Waals surface area contributed by atoms with Gasteiger partial charge in [-0.05, 0) is 68.8 Å². The SMILES string of the molecule is CC(C)[C@]1(C(=O)N2CCc3ncc(C(F)(F)F)cc3C2)CCC(N2CCC(c3ncccn3)CC2)C1. The van der Waals surface area contributed by atoms with Gasteiger partial charge in [-0.3, -0.25) is 9.78 Å². The minimum atomic E-state index is -4.44. The van der Waals surface area contributed by atoms with Crippen LogP contribution in [0, 0.1) is 11.3 Å². The zero-order valence-corrected chi connectivity index (χ0v) is 21.0. The Balaban J connectivity index is 1.26. The summed E-state index contributed by atoms with van der Waals surface area (Å²) >= 11 is 0. The average Bonchev–Trinajstić information content (AvgIpc) is 3.35. The fraction of sp³-hybridized carbons (Fsp3) is 0.630. The molecule has 2 aromatic rings. The maximum Gasteiger partial charge on any atom is 0.417 e. The van der Waals surface area contributed by atoms with Gasteiger partial charge in [0, 0.05) is 55.8 Å². The van der Waals surface area contributed by atoms with Crippen molar-refractivity contribution in [2.45, 2.75) is 77.1 Å². The van der Waals surface area contributed by atoms with E-state index in [4.69, 9.17) is 0 Å². The molecular weight excluding hydrogens is 467 g/mol. The van der Waals surface area contributed by atoms with Crippen molar-refractivity contribution in [1.82, 2.24) is 24.8 Å². The van der Waals surface area contributed by atoms with Gasteiger partial charge < -0.3 is 9.80 Å². The number of piperidine rings is 1. The van der Waals surface area contributed by atoms with Crippen LogP contribution in [0.25, 0.3) is 0 Å². The number of alkyl halides is 3. The molecule has 0 N–H and O–H groups in total. The maximum absolute atomic E-state index is 14.0. The number of likely N-dealkylation sites (tertiary alicyclic amines) is 1. The van der Waals surface area contributed by atoms with E-state index in [2.05, 4.69) is 33.7 Å². The normalized spacial score (nSPS) is 25.8. The van der Waals surface area contributed by atoms with Crippen LogP contribution in [-0.2, 0) is 23.9 Å². The van der Waals surface area contributed by atoms with E-state index in [9.17, 15) is 18.0 Å². The molecule has 1 unspecified atom stereocenters. The van der Waals surface area contributed by atoms with Crippen molar-refractivity contribution in [2.24, 2.45) is 11.3 Å². The lowest BCUT2D eigenvalue weighted by molar-refractivity contribution is -0.146. The maximum atomic E-state index is 14.0. The molecule has 2 atom stereocenters. The molecule has 5 rings (SSSR count). The molecule has 2 aromatic heterocycles. The van der Waals surface area contributed by atoms with Gasteiger partial charge in [0.05, 0.1) is 11.0 Å². The summed E-state index contributed by atoms with van der Waals surface area (Å²) in [7, 11) is 0. The summed E-state index contributed by atoms with van der Waals surface area (Å²) in [6, 6.07) is 3.36. The smallest absolute Gasteiger partial charge is 0.337 e. The van der Waals surface area contributed by atoms with E-state index in [-0.39, 0.29) is 18.4 Å². The molecule has 194 valence electrons. The summed E-state index contributed by atoms with van der Waals surface area (Å²) in [6.45, 7) is 6.87. The molecule has 9 heteroatoms. The molecule has 3 aliphatic rings. The Morgan fingerprint density at radius 2 is 1.81 bits per heavy atom. The first kappa shape index (κ1) is 25.1. The van der Waals surface area contributed by atoms with Gasteiger partial charge in [0.1, 0.15) is 5.82 Å². The summed E-state index contributed by atoms with van der Waals surface area (Å²) in [5.74, 6) is 1.55. The Kier molecular flexibility index (Phi) is 6.78. The van der Waals surface area contributed by atoms with Crippen LogP contribution in [0.4, 0.5) is 13.2 Å². The van der Waals surface area contributed by atoms with Gasteiger partial charge in [0.15, 0.2) is 0 Å². The van der Waals surface area contributed by atoms with Crippen LogP contribution in [0.1, 0.15) is 74.5 Å². The molecule has 0 aromatic carbocycles.